The second kappa shape index (κ2) is 7.81. The Hall–Kier alpha value is -1.30. The molecule has 120 valence electrons. The third-order valence-corrected chi connectivity index (χ3v) is 4.49. The molecule has 0 saturated carbocycles. The highest BCUT2D eigenvalue weighted by Crippen LogP contribution is 2.22. The minimum absolute atomic E-state index is 0.00873. The summed E-state index contributed by atoms with van der Waals surface area (Å²) < 4.78 is 0. The van der Waals surface area contributed by atoms with Crippen LogP contribution in [0.1, 0.15) is 17.3 Å². The fourth-order valence-corrected chi connectivity index (χ4v) is 2.62. The average molecular weight is 344 g/mol. The molecule has 0 radical (unpaired) electrons. The van der Waals surface area contributed by atoms with Gasteiger partial charge in [0.15, 0.2) is 0 Å². The zero-order valence-corrected chi connectivity index (χ0v) is 14.0. The lowest BCUT2D eigenvalue weighted by molar-refractivity contribution is -0.131. The number of piperazine rings is 1. The first-order valence-electron chi connectivity index (χ1n) is 7.24. The lowest BCUT2D eigenvalue weighted by Gasteiger charge is -2.34. The highest BCUT2D eigenvalue weighted by atomic mass is 35.5. The summed E-state index contributed by atoms with van der Waals surface area (Å²) in [6.45, 7) is 6.26. The van der Waals surface area contributed by atoms with Gasteiger partial charge in [-0.15, -0.1) is 0 Å². The van der Waals surface area contributed by atoms with Crippen molar-refractivity contribution >= 4 is 35.0 Å². The SMILES string of the molecule is CCN1CCN(C(=O)CNC(=O)c2ccc(Cl)c(Cl)c2)CC1. The largest absolute Gasteiger partial charge is 0.343 e. The van der Waals surface area contributed by atoms with Crippen LogP contribution in [0.2, 0.25) is 10.0 Å². The van der Waals surface area contributed by atoms with E-state index in [4.69, 9.17) is 23.2 Å². The summed E-state index contributed by atoms with van der Waals surface area (Å²) in [7, 11) is 0. The van der Waals surface area contributed by atoms with Crippen LogP contribution in [-0.4, -0.2) is 60.9 Å². The van der Waals surface area contributed by atoms with Crippen molar-refractivity contribution in [3.63, 3.8) is 0 Å². The second-order valence-corrected chi connectivity index (χ2v) is 5.94. The van der Waals surface area contributed by atoms with Gasteiger partial charge in [-0.05, 0) is 24.7 Å². The molecule has 1 aromatic carbocycles. The third kappa shape index (κ3) is 4.35. The number of halogens is 2. The summed E-state index contributed by atoms with van der Waals surface area (Å²) >= 11 is 11.7. The van der Waals surface area contributed by atoms with Gasteiger partial charge in [0, 0.05) is 31.7 Å². The summed E-state index contributed by atoms with van der Waals surface area (Å²) in [6, 6.07) is 4.63. The van der Waals surface area contributed by atoms with Crippen LogP contribution in [0, 0.1) is 0 Å². The average Bonchev–Trinajstić information content (AvgIpc) is 2.54. The zero-order valence-electron chi connectivity index (χ0n) is 12.4. The Morgan fingerprint density at radius 3 is 2.41 bits per heavy atom. The lowest BCUT2D eigenvalue weighted by atomic mass is 10.2. The Bertz CT molecular complexity index is 558. The van der Waals surface area contributed by atoms with Crippen molar-refractivity contribution in [1.82, 2.24) is 15.1 Å². The van der Waals surface area contributed by atoms with Crippen molar-refractivity contribution in [3.8, 4) is 0 Å². The predicted octanol–water partition coefficient (Wildman–Crippen LogP) is 1.89. The van der Waals surface area contributed by atoms with Crippen molar-refractivity contribution < 1.29 is 9.59 Å². The summed E-state index contributed by atoms with van der Waals surface area (Å²) in [6.07, 6.45) is 0. The maximum atomic E-state index is 12.1. The first-order valence-corrected chi connectivity index (χ1v) is 8.00. The molecule has 1 aliphatic rings. The van der Waals surface area contributed by atoms with Crippen molar-refractivity contribution in [3.05, 3.63) is 33.8 Å². The molecule has 0 aromatic heterocycles. The van der Waals surface area contributed by atoms with Gasteiger partial charge in [-0.2, -0.15) is 0 Å². The molecule has 1 N–H and O–H groups in total. The molecule has 0 spiro atoms. The minimum atomic E-state index is -0.334. The van der Waals surface area contributed by atoms with E-state index in [2.05, 4.69) is 17.1 Å². The number of benzene rings is 1. The molecule has 2 amide bonds. The minimum Gasteiger partial charge on any atom is -0.343 e. The molecule has 0 unspecified atom stereocenters. The topological polar surface area (TPSA) is 52.6 Å². The molecule has 0 aliphatic carbocycles. The van der Waals surface area contributed by atoms with E-state index in [1.54, 1.807) is 17.0 Å². The standard InChI is InChI=1S/C15H19Cl2N3O2/c1-2-19-5-7-20(8-6-19)14(21)10-18-15(22)11-3-4-12(16)13(17)9-11/h3-4,9H,2,5-8,10H2,1H3,(H,18,22). The first kappa shape index (κ1) is 17.1. The fourth-order valence-electron chi connectivity index (χ4n) is 2.32. The van der Waals surface area contributed by atoms with Crippen molar-refractivity contribution in [1.29, 1.82) is 0 Å². The molecule has 1 aliphatic heterocycles. The maximum absolute atomic E-state index is 12.1. The molecule has 1 fully saturated rings. The van der Waals surface area contributed by atoms with Crippen LogP contribution in [0.25, 0.3) is 0 Å². The van der Waals surface area contributed by atoms with E-state index >= 15 is 0 Å². The molecule has 1 saturated heterocycles. The van der Waals surface area contributed by atoms with E-state index in [0.29, 0.717) is 28.7 Å². The van der Waals surface area contributed by atoms with Crippen LogP contribution >= 0.6 is 23.2 Å². The summed E-state index contributed by atoms with van der Waals surface area (Å²) in [5.41, 5.74) is 0.387. The number of nitrogens with one attached hydrogen (secondary N) is 1. The number of carbonyl (C=O) groups is 2. The molecule has 22 heavy (non-hydrogen) atoms. The van der Waals surface area contributed by atoms with E-state index in [9.17, 15) is 9.59 Å². The number of carbonyl (C=O) groups excluding carboxylic acids is 2. The molecule has 1 heterocycles. The Balaban J connectivity index is 1.83. The molecule has 0 atom stereocenters. The molecule has 1 aromatic rings. The first-order chi connectivity index (χ1) is 10.5. The van der Waals surface area contributed by atoms with E-state index in [0.717, 1.165) is 19.6 Å². The van der Waals surface area contributed by atoms with Crippen LogP contribution < -0.4 is 5.32 Å². The number of rotatable bonds is 4. The molecule has 7 heteroatoms. The van der Waals surface area contributed by atoms with Gasteiger partial charge in [0.1, 0.15) is 0 Å². The normalized spacial score (nSPS) is 15.7. The van der Waals surface area contributed by atoms with Gasteiger partial charge in [0.05, 0.1) is 16.6 Å². The van der Waals surface area contributed by atoms with Gasteiger partial charge in [-0.1, -0.05) is 30.1 Å². The van der Waals surface area contributed by atoms with Crippen molar-refractivity contribution in [2.45, 2.75) is 6.92 Å². The monoisotopic (exact) mass is 343 g/mol. The van der Waals surface area contributed by atoms with E-state index in [1.807, 2.05) is 0 Å². The van der Waals surface area contributed by atoms with Gasteiger partial charge < -0.3 is 15.1 Å². The van der Waals surface area contributed by atoms with Crippen LogP contribution in [0.3, 0.4) is 0 Å². The summed E-state index contributed by atoms with van der Waals surface area (Å²) in [4.78, 5) is 28.2. The highest BCUT2D eigenvalue weighted by Gasteiger charge is 2.20. The van der Waals surface area contributed by atoms with Crippen molar-refractivity contribution in [2.24, 2.45) is 0 Å². The Morgan fingerprint density at radius 1 is 1.14 bits per heavy atom. The van der Waals surface area contributed by atoms with E-state index in [1.165, 1.54) is 6.07 Å². The molecule has 0 bridgehead atoms. The van der Waals surface area contributed by atoms with Crippen LogP contribution in [0.4, 0.5) is 0 Å². The van der Waals surface area contributed by atoms with E-state index < -0.39 is 0 Å². The van der Waals surface area contributed by atoms with Gasteiger partial charge >= 0.3 is 0 Å². The predicted molar refractivity (Wildman–Crippen MR) is 87.5 cm³/mol. The molecule has 2 rings (SSSR count). The molecular weight excluding hydrogens is 325 g/mol. The van der Waals surface area contributed by atoms with Gasteiger partial charge in [0.25, 0.3) is 5.91 Å². The molecular formula is C15H19Cl2N3O2. The van der Waals surface area contributed by atoms with Gasteiger partial charge in [-0.25, -0.2) is 0 Å². The Labute approximate surface area is 140 Å². The van der Waals surface area contributed by atoms with Crippen molar-refractivity contribution in [2.75, 3.05) is 39.3 Å². The maximum Gasteiger partial charge on any atom is 0.251 e. The number of hydrogen-bond acceptors (Lipinski definition) is 3. The number of nitrogens with zero attached hydrogens (tertiary/aromatic N) is 2. The number of amides is 2. The number of hydrogen-bond donors (Lipinski definition) is 1. The summed E-state index contributed by atoms with van der Waals surface area (Å²) in [5.74, 6) is -0.400. The van der Waals surface area contributed by atoms with Crippen LogP contribution in [0.5, 0.6) is 0 Å². The third-order valence-electron chi connectivity index (χ3n) is 3.75. The summed E-state index contributed by atoms with van der Waals surface area (Å²) in [5, 5.41) is 3.33. The number of likely N-dealkylation sites (N-methyl/N-ethyl adjacent to an activating group) is 1. The zero-order chi connectivity index (χ0) is 16.1. The van der Waals surface area contributed by atoms with Crippen LogP contribution in [-0.2, 0) is 4.79 Å². The van der Waals surface area contributed by atoms with Crippen LogP contribution in [0.15, 0.2) is 18.2 Å². The lowest BCUT2D eigenvalue weighted by Crippen LogP contribution is -2.51. The van der Waals surface area contributed by atoms with Gasteiger partial charge in [0.2, 0.25) is 5.91 Å². The fraction of sp³-hybridized carbons (Fsp3) is 0.467. The smallest absolute Gasteiger partial charge is 0.251 e. The van der Waals surface area contributed by atoms with Gasteiger partial charge in [-0.3, -0.25) is 9.59 Å². The highest BCUT2D eigenvalue weighted by molar-refractivity contribution is 6.42. The molecule has 5 nitrogen and oxygen atoms in total. The second-order valence-electron chi connectivity index (χ2n) is 5.13. The Kier molecular flexibility index (Phi) is 6.06. The Morgan fingerprint density at radius 2 is 1.82 bits per heavy atom. The van der Waals surface area contributed by atoms with E-state index in [-0.39, 0.29) is 18.4 Å². The quantitative estimate of drug-likeness (QED) is 0.908.